The molecule has 3 heteroatoms. The van der Waals surface area contributed by atoms with Gasteiger partial charge in [-0.05, 0) is 31.6 Å². The van der Waals surface area contributed by atoms with Gasteiger partial charge in [-0.2, -0.15) is 0 Å². The zero-order chi connectivity index (χ0) is 11.4. The second-order valence-electron chi connectivity index (χ2n) is 4.89. The highest BCUT2D eigenvalue weighted by Crippen LogP contribution is 2.38. The Hall–Kier alpha value is -0.410. The van der Waals surface area contributed by atoms with Gasteiger partial charge >= 0.3 is 0 Å². The van der Waals surface area contributed by atoms with E-state index in [1.54, 1.807) is 11.3 Å². The summed E-state index contributed by atoms with van der Waals surface area (Å²) in [6, 6.07) is 0. The highest BCUT2D eigenvalue weighted by atomic mass is 32.1. The van der Waals surface area contributed by atoms with Crippen molar-refractivity contribution in [2.75, 3.05) is 0 Å². The lowest BCUT2D eigenvalue weighted by molar-refractivity contribution is 0.308. The number of rotatable bonds is 4. The first-order valence-electron chi connectivity index (χ1n) is 6.47. The Kier molecular flexibility index (Phi) is 4.36. The average molecular weight is 238 g/mol. The summed E-state index contributed by atoms with van der Waals surface area (Å²) in [5.74, 6) is 1.70. The molecular formula is C13H22N2S. The second kappa shape index (κ2) is 5.78. The van der Waals surface area contributed by atoms with Gasteiger partial charge in [0.05, 0.1) is 10.7 Å². The molecule has 1 fully saturated rings. The summed E-state index contributed by atoms with van der Waals surface area (Å²) >= 11 is 1.80. The number of hydrogen-bond acceptors (Lipinski definition) is 3. The van der Waals surface area contributed by atoms with Crippen LogP contribution in [0.5, 0.6) is 0 Å². The van der Waals surface area contributed by atoms with E-state index in [1.165, 1.54) is 43.5 Å². The van der Waals surface area contributed by atoms with E-state index in [1.807, 2.05) is 0 Å². The summed E-state index contributed by atoms with van der Waals surface area (Å²) in [4.78, 5) is 4.62. The molecule has 0 aromatic carbocycles. The molecule has 1 aliphatic rings. The summed E-state index contributed by atoms with van der Waals surface area (Å²) in [5.41, 5.74) is 6.66. The standard InChI is InChI=1S/C13H22N2S/c1-2-3-10-4-6-11(7-5-10)13-15-12(8-14)9-16-13/h9-11H,2-8,14H2,1H3. The van der Waals surface area contributed by atoms with Crippen molar-refractivity contribution < 1.29 is 0 Å². The van der Waals surface area contributed by atoms with Crippen molar-refractivity contribution in [3.8, 4) is 0 Å². The van der Waals surface area contributed by atoms with E-state index in [0.29, 0.717) is 6.54 Å². The average Bonchev–Trinajstić information content (AvgIpc) is 2.79. The van der Waals surface area contributed by atoms with Gasteiger partial charge in [-0.25, -0.2) is 4.98 Å². The summed E-state index contributed by atoms with van der Waals surface area (Å²) < 4.78 is 0. The largest absolute Gasteiger partial charge is 0.325 e. The van der Waals surface area contributed by atoms with Crippen LogP contribution in [0.25, 0.3) is 0 Å². The van der Waals surface area contributed by atoms with E-state index in [0.717, 1.165) is 17.5 Å². The minimum absolute atomic E-state index is 0.585. The highest BCUT2D eigenvalue weighted by molar-refractivity contribution is 7.09. The van der Waals surface area contributed by atoms with Crippen molar-refractivity contribution in [2.24, 2.45) is 11.7 Å². The molecule has 0 atom stereocenters. The maximum absolute atomic E-state index is 5.60. The molecule has 0 radical (unpaired) electrons. The van der Waals surface area contributed by atoms with Gasteiger partial charge in [-0.1, -0.05) is 19.8 Å². The maximum Gasteiger partial charge on any atom is 0.0959 e. The number of nitrogens with zero attached hydrogens (tertiary/aromatic N) is 1. The zero-order valence-corrected chi connectivity index (χ0v) is 10.9. The molecule has 2 nitrogen and oxygen atoms in total. The van der Waals surface area contributed by atoms with Crippen LogP contribution in [0.2, 0.25) is 0 Å². The lowest BCUT2D eigenvalue weighted by Gasteiger charge is -2.26. The SMILES string of the molecule is CCCC1CCC(c2nc(CN)cs2)CC1. The van der Waals surface area contributed by atoms with Crippen molar-refractivity contribution in [3.63, 3.8) is 0 Å². The van der Waals surface area contributed by atoms with Crippen molar-refractivity contribution in [1.82, 2.24) is 4.98 Å². The first kappa shape index (κ1) is 12.1. The number of thiazole rings is 1. The van der Waals surface area contributed by atoms with Gasteiger partial charge in [0.1, 0.15) is 0 Å². The fourth-order valence-corrected chi connectivity index (χ4v) is 3.71. The molecule has 2 rings (SSSR count). The van der Waals surface area contributed by atoms with Crippen LogP contribution in [0.3, 0.4) is 0 Å². The van der Waals surface area contributed by atoms with Crippen molar-refractivity contribution in [2.45, 2.75) is 57.9 Å². The van der Waals surface area contributed by atoms with Gasteiger partial charge < -0.3 is 5.73 Å². The number of nitrogens with two attached hydrogens (primary N) is 1. The molecule has 1 heterocycles. The zero-order valence-electron chi connectivity index (χ0n) is 10.1. The van der Waals surface area contributed by atoms with Gasteiger partial charge in [-0.3, -0.25) is 0 Å². The van der Waals surface area contributed by atoms with E-state index in [4.69, 9.17) is 5.73 Å². The third-order valence-corrected chi connectivity index (χ3v) is 4.73. The monoisotopic (exact) mass is 238 g/mol. The maximum atomic E-state index is 5.60. The van der Waals surface area contributed by atoms with Crippen LogP contribution in [-0.2, 0) is 6.54 Å². The summed E-state index contributed by atoms with van der Waals surface area (Å²) in [6.45, 7) is 2.88. The minimum Gasteiger partial charge on any atom is -0.325 e. The lowest BCUT2D eigenvalue weighted by atomic mass is 9.80. The Balaban J connectivity index is 1.88. The normalized spacial score (nSPS) is 25.9. The predicted molar refractivity (Wildman–Crippen MR) is 69.6 cm³/mol. The van der Waals surface area contributed by atoms with E-state index >= 15 is 0 Å². The molecule has 0 saturated heterocycles. The fourth-order valence-electron chi connectivity index (χ4n) is 2.71. The third kappa shape index (κ3) is 2.83. The van der Waals surface area contributed by atoms with E-state index < -0.39 is 0 Å². The number of aromatic nitrogens is 1. The topological polar surface area (TPSA) is 38.9 Å². The Morgan fingerprint density at radius 2 is 2.12 bits per heavy atom. The summed E-state index contributed by atoms with van der Waals surface area (Å²) in [7, 11) is 0. The Labute approximate surface area is 102 Å². The molecule has 0 bridgehead atoms. The molecule has 1 saturated carbocycles. The van der Waals surface area contributed by atoms with Gasteiger partial charge in [0.2, 0.25) is 0 Å². The van der Waals surface area contributed by atoms with Crippen LogP contribution in [0.1, 0.15) is 62.1 Å². The first-order chi connectivity index (χ1) is 7.83. The first-order valence-corrected chi connectivity index (χ1v) is 7.35. The van der Waals surface area contributed by atoms with Crippen LogP contribution >= 0.6 is 11.3 Å². The molecule has 1 aromatic heterocycles. The molecule has 0 amide bonds. The Morgan fingerprint density at radius 1 is 1.38 bits per heavy atom. The highest BCUT2D eigenvalue weighted by Gasteiger charge is 2.23. The van der Waals surface area contributed by atoms with Crippen molar-refractivity contribution in [1.29, 1.82) is 0 Å². The van der Waals surface area contributed by atoms with Crippen LogP contribution in [-0.4, -0.2) is 4.98 Å². The van der Waals surface area contributed by atoms with Crippen molar-refractivity contribution >= 4 is 11.3 Å². The summed E-state index contributed by atoms with van der Waals surface area (Å²) in [6.07, 6.45) is 8.22. The smallest absolute Gasteiger partial charge is 0.0959 e. The van der Waals surface area contributed by atoms with Crippen LogP contribution in [0, 0.1) is 5.92 Å². The minimum atomic E-state index is 0.585. The molecule has 0 aliphatic heterocycles. The molecule has 16 heavy (non-hydrogen) atoms. The van der Waals surface area contributed by atoms with Gasteiger partial charge in [-0.15, -0.1) is 11.3 Å². The Bertz CT molecular complexity index is 313. The third-order valence-electron chi connectivity index (χ3n) is 3.67. The molecule has 1 aliphatic carbocycles. The summed E-state index contributed by atoms with van der Waals surface area (Å²) in [5, 5.41) is 3.45. The van der Waals surface area contributed by atoms with E-state index in [-0.39, 0.29) is 0 Å². The molecular weight excluding hydrogens is 216 g/mol. The van der Waals surface area contributed by atoms with E-state index in [9.17, 15) is 0 Å². The van der Waals surface area contributed by atoms with Crippen LogP contribution in [0.15, 0.2) is 5.38 Å². The van der Waals surface area contributed by atoms with Crippen LogP contribution < -0.4 is 5.73 Å². The molecule has 2 N–H and O–H groups in total. The Morgan fingerprint density at radius 3 is 2.69 bits per heavy atom. The van der Waals surface area contributed by atoms with E-state index in [2.05, 4.69) is 17.3 Å². The van der Waals surface area contributed by atoms with Crippen molar-refractivity contribution in [3.05, 3.63) is 16.1 Å². The second-order valence-corrected chi connectivity index (χ2v) is 5.78. The van der Waals surface area contributed by atoms with Gasteiger partial charge in [0.25, 0.3) is 0 Å². The number of hydrogen-bond donors (Lipinski definition) is 1. The quantitative estimate of drug-likeness (QED) is 0.869. The lowest BCUT2D eigenvalue weighted by Crippen LogP contribution is -2.13. The molecule has 90 valence electrons. The van der Waals surface area contributed by atoms with Gasteiger partial charge in [0, 0.05) is 17.8 Å². The molecule has 1 aromatic rings. The molecule has 0 unspecified atom stereocenters. The molecule has 0 spiro atoms. The predicted octanol–water partition coefficient (Wildman–Crippen LogP) is 3.68. The van der Waals surface area contributed by atoms with Crippen LogP contribution in [0.4, 0.5) is 0 Å². The van der Waals surface area contributed by atoms with Gasteiger partial charge in [0.15, 0.2) is 0 Å². The fraction of sp³-hybridized carbons (Fsp3) is 0.769.